The minimum atomic E-state index is 1.03. The second-order valence-corrected chi connectivity index (χ2v) is 5.02. The predicted molar refractivity (Wildman–Crippen MR) is 77.3 cm³/mol. The molecule has 0 radical (unpaired) electrons. The van der Waals surface area contributed by atoms with Gasteiger partial charge in [0.15, 0.2) is 0 Å². The van der Waals surface area contributed by atoms with Gasteiger partial charge in [-0.2, -0.15) is 0 Å². The van der Waals surface area contributed by atoms with Crippen molar-refractivity contribution < 1.29 is 0 Å². The molecule has 0 unspecified atom stereocenters. The molecule has 0 bridgehead atoms. The average Bonchev–Trinajstić information content (AvgIpc) is 2.30. The first-order valence-corrected chi connectivity index (χ1v) is 6.31. The highest BCUT2D eigenvalue weighted by atomic mass is 79.9. The van der Waals surface area contributed by atoms with E-state index in [1.165, 1.54) is 11.1 Å². The molecule has 2 aromatic rings. The molecule has 0 fully saturated rings. The van der Waals surface area contributed by atoms with E-state index in [1.54, 1.807) is 0 Å². The lowest BCUT2D eigenvalue weighted by Gasteiger charge is -2.01. The van der Waals surface area contributed by atoms with E-state index in [4.69, 9.17) is 0 Å². The number of aryl methyl sites for hydroxylation is 2. The van der Waals surface area contributed by atoms with Gasteiger partial charge in [-0.1, -0.05) is 45.8 Å². The summed E-state index contributed by atoms with van der Waals surface area (Å²) < 4.78 is 1.08. The first kappa shape index (κ1) is 12.1. The van der Waals surface area contributed by atoms with Crippen molar-refractivity contribution >= 4 is 27.8 Å². The van der Waals surface area contributed by atoms with Crippen LogP contribution in [-0.4, -0.2) is 6.21 Å². The van der Waals surface area contributed by atoms with Gasteiger partial charge in [-0.15, -0.1) is 0 Å². The fourth-order valence-corrected chi connectivity index (χ4v) is 1.91. The molecule has 0 saturated carbocycles. The molecule has 0 aliphatic heterocycles. The summed E-state index contributed by atoms with van der Waals surface area (Å²) >= 11 is 3.42. The molecule has 0 aliphatic carbocycles. The summed E-state index contributed by atoms with van der Waals surface area (Å²) in [5.74, 6) is 0. The number of nitrogens with zero attached hydrogens (tertiary/aromatic N) is 1. The van der Waals surface area contributed by atoms with E-state index in [0.29, 0.717) is 0 Å². The highest BCUT2D eigenvalue weighted by Gasteiger charge is 1.95. The number of hydrogen-bond acceptors (Lipinski definition) is 1. The maximum atomic E-state index is 4.51. The van der Waals surface area contributed by atoms with Crippen LogP contribution < -0.4 is 0 Å². The summed E-state index contributed by atoms with van der Waals surface area (Å²) in [6.45, 7) is 4.18. The zero-order valence-corrected chi connectivity index (χ0v) is 11.5. The van der Waals surface area contributed by atoms with E-state index in [2.05, 4.69) is 53.0 Å². The molecule has 0 aromatic heterocycles. The summed E-state index contributed by atoms with van der Waals surface area (Å²) in [5.41, 5.74) is 4.61. The van der Waals surface area contributed by atoms with Crippen molar-refractivity contribution in [3.8, 4) is 0 Å². The van der Waals surface area contributed by atoms with Crippen molar-refractivity contribution in [3.63, 3.8) is 0 Å². The summed E-state index contributed by atoms with van der Waals surface area (Å²) in [6.07, 6.45) is 1.89. The van der Waals surface area contributed by atoms with E-state index < -0.39 is 0 Å². The third-order valence-electron chi connectivity index (χ3n) is 2.58. The number of rotatable bonds is 2. The third kappa shape index (κ3) is 3.27. The zero-order chi connectivity index (χ0) is 12.3. The largest absolute Gasteiger partial charge is 0.256 e. The highest BCUT2D eigenvalue weighted by Crippen LogP contribution is 2.19. The number of benzene rings is 2. The molecule has 0 amide bonds. The van der Waals surface area contributed by atoms with E-state index in [0.717, 1.165) is 15.7 Å². The summed E-state index contributed by atoms with van der Waals surface area (Å²) in [4.78, 5) is 4.51. The van der Waals surface area contributed by atoms with Crippen molar-refractivity contribution in [3.05, 3.63) is 63.6 Å². The molecule has 0 saturated heterocycles. The Labute approximate surface area is 110 Å². The van der Waals surface area contributed by atoms with Crippen LogP contribution in [0.25, 0.3) is 0 Å². The Morgan fingerprint density at radius 3 is 2.35 bits per heavy atom. The Morgan fingerprint density at radius 1 is 1.00 bits per heavy atom. The fourth-order valence-electron chi connectivity index (χ4n) is 1.64. The monoisotopic (exact) mass is 287 g/mol. The van der Waals surface area contributed by atoms with Gasteiger partial charge in [-0.3, -0.25) is 4.99 Å². The molecule has 2 aromatic carbocycles. The van der Waals surface area contributed by atoms with Gasteiger partial charge >= 0.3 is 0 Å². The Kier molecular flexibility index (Phi) is 3.75. The van der Waals surface area contributed by atoms with Crippen LogP contribution in [0.2, 0.25) is 0 Å². The van der Waals surface area contributed by atoms with Gasteiger partial charge in [0, 0.05) is 10.7 Å². The van der Waals surface area contributed by atoms with Crippen molar-refractivity contribution in [2.75, 3.05) is 0 Å². The lowest BCUT2D eigenvalue weighted by atomic mass is 10.1. The van der Waals surface area contributed by atoms with E-state index >= 15 is 0 Å². The van der Waals surface area contributed by atoms with E-state index in [9.17, 15) is 0 Å². The van der Waals surface area contributed by atoms with E-state index in [1.807, 2.05) is 30.5 Å². The zero-order valence-electron chi connectivity index (χ0n) is 9.94. The lowest BCUT2D eigenvalue weighted by Crippen LogP contribution is -1.81. The number of aliphatic imine (C=N–C) groups is 1. The predicted octanol–water partition coefficient (Wildman–Crippen LogP) is 4.82. The highest BCUT2D eigenvalue weighted by molar-refractivity contribution is 9.10. The SMILES string of the molecule is Cc1ccc(N=Cc2ccc(Br)cc2)c(C)c1. The van der Waals surface area contributed by atoms with Crippen molar-refractivity contribution in [2.45, 2.75) is 13.8 Å². The molecule has 2 heteroatoms. The molecular weight excluding hydrogens is 274 g/mol. The lowest BCUT2D eigenvalue weighted by molar-refractivity contribution is 1.35. The molecule has 0 atom stereocenters. The van der Waals surface area contributed by atoms with Gasteiger partial charge in [-0.25, -0.2) is 0 Å². The van der Waals surface area contributed by atoms with E-state index in [-0.39, 0.29) is 0 Å². The second-order valence-electron chi connectivity index (χ2n) is 4.10. The van der Waals surface area contributed by atoms with Crippen LogP contribution in [0.4, 0.5) is 5.69 Å². The standard InChI is InChI=1S/C15H14BrN/c1-11-3-8-15(12(2)9-11)17-10-13-4-6-14(16)7-5-13/h3-10H,1-2H3. The Bertz CT molecular complexity index is 541. The van der Waals surface area contributed by atoms with Crippen molar-refractivity contribution in [1.82, 2.24) is 0 Å². The van der Waals surface area contributed by atoms with Gasteiger partial charge in [0.25, 0.3) is 0 Å². The van der Waals surface area contributed by atoms with Crippen LogP contribution in [-0.2, 0) is 0 Å². The maximum Gasteiger partial charge on any atom is 0.0659 e. The summed E-state index contributed by atoms with van der Waals surface area (Å²) in [5, 5.41) is 0. The van der Waals surface area contributed by atoms with Crippen LogP contribution in [0.15, 0.2) is 51.9 Å². The molecule has 17 heavy (non-hydrogen) atoms. The number of halogens is 1. The molecular formula is C15H14BrN. The van der Waals surface area contributed by atoms with Crippen LogP contribution in [0, 0.1) is 13.8 Å². The quantitative estimate of drug-likeness (QED) is 0.703. The van der Waals surface area contributed by atoms with Gasteiger partial charge in [0.1, 0.15) is 0 Å². The second kappa shape index (κ2) is 5.28. The van der Waals surface area contributed by atoms with Gasteiger partial charge in [0.2, 0.25) is 0 Å². The number of hydrogen-bond donors (Lipinski definition) is 0. The minimum Gasteiger partial charge on any atom is -0.256 e. The summed E-state index contributed by atoms with van der Waals surface area (Å²) in [6, 6.07) is 14.4. The Morgan fingerprint density at radius 2 is 1.71 bits per heavy atom. The molecule has 86 valence electrons. The normalized spacial score (nSPS) is 11.0. The topological polar surface area (TPSA) is 12.4 Å². The molecule has 1 nitrogen and oxygen atoms in total. The molecule has 2 rings (SSSR count). The molecule has 0 N–H and O–H groups in total. The summed E-state index contributed by atoms with van der Waals surface area (Å²) in [7, 11) is 0. The first-order chi connectivity index (χ1) is 8.15. The fraction of sp³-hybridized carbons (Fsp3) is 0.133. The third-order valence-corrected chi connectivity index (χ3v) is 3.10. The van der Waals surface area contributed by atoms with Crippen molar-refractivity contribution in [1.29, 1.82) is 0 Å². The van der Waals surface area contributed by atoms with Gasteiger partial charge in [-0.05, 0) is 43.2 Å². The van der Waals surface area contributed by atoms with Crippen LogP contribution >= 0.6 is 15.9 Å². The molecule has 0 heterocycles. The van der Waals surface area contributed by atoms with Crippen molar-refractivity contribution in [2.24, 2.45) is 4.99 Å². The minimum absolute atomic E-state index is 1.03. The Hall–Kier alpha value is -1.41. The average molecular weight is 288 g/mol. The van der Waals surface area contributed by atoms with Gasteiger partial charge in [0.05, 0.1) is 5.69 Å². The van der Waals surface area contributed by atoms with Crippen LogP contribution in [0.5, 0.6) is 0 Å². The van der Waals surface area contributed by atoms with Gasteiger partial charge < -0.3 is 0 Å². The molecule has 0 aliphatic rings. The molecule has 0 spiro atoms. The Balaban J connectivity index is 2.23. The maximum absolute atomic E-state index is 4.51. The van der Waals surface area contributed by atoms with Crippen LogP contribution in [0.3, 0.4) is 0 Å². The van der Waals surface area contributed by atoms with Crippen LogP contribution in [0.1, 0.15) is 16.7 Å². The first-order valence-electron chi connectivity index (χ1n) is 5.52. The smallest absolute Gasteiger partial charge is 0.0659 e.